The molecule has 80 valence electrons. The Kier molecular flexibility index (Phi) is 2.88. The molecule has 0 aromatic heterocycles. The number of carbonyl (C=O) groups is 2. The van der Waals surface area contributed by atoms with Gasteiger partial charge >= 0.3 is 11.4 Å². The molecule has 1 heterocycles. The van der Waals surface area contributed by atoms with Crippen molar-refractivity contribution < 1.29 is 22.6 Å². The predicted octanol–water partition coefficient (Wildman–Crippen LogP) is -1.21. The lowest BCUT2D eigenvalue weighted by Crippen LogP contribution is -2.75. The molecule has 0 aromatic carbocycles. The molecule has 14 heavy (non-hydrogen) atoms. The first-order valence-electron chi connectivity index (χ1n) is 3.74. The van der Waals surface area contributed by atoms with Crippen LogP contribution in [0.1, 0.15) is 13.8 Å². The summed E-state index contributed by atoms with van der Waals surface area (Å²) in [6, 6.07) is -0.719. The third-order valence-corrected chi connectivity index (χ3v) is 2.33. The molecule has 7 nitrogen and oxygen atoms in total. The Labute approximate surface area is 82.8 Å². The summed E-state index contributed by atoms with van der Waals surface area (Å²) in [5.74, 6) is -0.551. The van der Waals surface area contributed by atoms with Gasteiger partial charge in [0.2, 0.25) is 6.41 Å². The van der Waals surface area contributed by atoms with Crippen molar-refractivity contribution in [3.63, 3.8) is 0 Å². The molecule has 0 spiro atoms. The second-order valence-corrected chi connectivity index (χ2v) is 3.88. The highest BCUT2D eigenvalue weighted by atomic mass is 32.2. The van der Waals surface area contributed by atoms with Gasteiger partial charge in [-0.3, -0.25) is 14.1 Å². The Bertz CT molecular complexity index is 292. The third-order valence-electron chi connectivity index (χ3n) is 2.05. The first kappa shape index (κ1) is 11.1. The molecule has 0 aromatic rings. The average molecular weight is 222 g/mol. The van der Waals surface area contributed by atoms with Crippen molar-refractivity contribution in [3.05, 3.63) is 0 Å². The molecule has 0 aliphatic carbocycles. The highest BCUT2D eigenvalue weighted by Gasteiger charge is 2.56. The van der Waals surface area contributed by atoms with Crippen molar-refractivity contribution in [2.45, 2.75) is 25.4 Å². The van der Waals surface area contributed by atoms with Crippen LogP contribution in [0.2, 0.25) is 0 Å². The number of rotatable bonds is 4. The van der Waals surface area contributed by atoms with Crippen LogP contribution in [0.4, 0.5) is 0 Å². The third kappa shape index (κ3) is 1.63. The standard InChI is InChI=1S/C6H10N2O5S/c1-6(2)4(7-3-9)5(10)8(6)13-14(11)12/h3-4H,1-2H3,(H,7,9)(H,11,12). The van der Waals surface area contributed by atoms with Gasteiger partial charge in [0.1, 0.15) is 6.04 Å². The number of β-lactam (4-membered cyclic amide) rings is 1. The lowest BCUT2D eigenvalue weighted by atomic mass is 9.85. The van der Waals surface area contributed by atoms with Gasteiger partial charge in [0.25, 0.3) is 5.91 Å². The largest absolute Gasteiger partial charge is 0.345 e. The molecule has 1 saturated heterocycles. The summed E-state index contributed by atoms with van der Waals surface area (Å²) in [5, 5.41) is 3.06. The predicted molar refractivity (Wildman–Crippen MR) is 45.8 cm³/mol. The number of nitrogens with one attached hydrogen (secondary N) is 1. The van der Waals surface area contributed by atoms with Crippen molar-refractivity contribution in [2.24, 2.45) is 0 Å². The fourth-order valence-electron chi connectivity index (χ4n) is 1.29. The minimum atomic E-state index is -2.54. The number of amides is 2. The van der Waals surface area contributed by atoms with E-state index in [1.54, 1.807) is 13.8 Å². The molecule has 8 heteroatoms. The monoisotopic (exact) mass is 222 g/mol. The van der Waals surface area contributed by atoms with E-state index in [0.29, 0.717) is 6.41 Å². The minimum Gasteiger partial charge on any atom is -0.345 e. The van der Waals surface area contributed by atoms with E-state index in [1.807, 2.05) is 0 Å². The Morgan fingerprint density at radius 2 is 2.29 bits per heavy atom. The van der Waals surface area contributed by atoms with E-state index in [-0.39, 0.29) is 0 Å². The highest BCUT2D eigenvalue weighted by Crippen LogP contribution is 2.31. The molecule has 0 bridgehead atoms. The van der Waals surface area contributed by atoms with Crippen LogP contribution in [0.15, 0.2) is 0 Å². The number of carbonyl (C=O) groups excluding carboxylic acids is 2. The van der Waals surface area contributed by atoms with E-state index < -0.39 is 28.8 Å². The van der Waals surface area contributed by atoms with Gasteiger partial charge in [-0.15, -0.1) is 4.28 Å². The molecule has 2 amide bonds. The van der Waals surface area contributed by atoms with E-state index in [0.717, 1.165) is 5.06 Å². The van der Waals surface area contributed by atoms with E-state index in [4.69, 9.17) is 4.55 Å². The summed E-state index contributed by atoms with van der Waals surface area (Å²) >= 11 is -2.54. The normalized spacial score (nSPS) is 26.6. The van der Waals surface area contributed by atoms with Crippen molar-refractivity contribution in [1.82, 2.24) is 10.4 Å². The quantitative estimate of drug-likeness (QED) is 0.353. The summed E-state index contributed by atoms with van der Waals surface area (Å²) < 4.78 is 23.1. The first-order valence-corrected chi connectivity index (χ1v) is 4.77. The molecule has 2 N–H and O–H groups in total. The molecule has 1 rings (SSSR count). The number of nitrogens with zero attached hydrogens (tertiary/aromatic N) is 1. The van der Waals surface area contributed by atoms with Crippen LogP contribution in [0, 0.1) is 0 Å². The molecule has 1 aliphatic rings. The van der Waals surface area contributed by atoms with Gasteiger partial charge in [-0.1, -0.05) is 0 Å². The molecule has 1 fully saturated rings. The maximum Gasteiger partial charge on any atom is 0.325 e. The average Bonchev–Trinajstić information content (AvgIpc) is 2.09. The second-order valence-electron chi connectivity index (χ2n) is 3.30. The summed E-state index contributed by atoms with van der Waals surface area (Å²) in [6.45, 7) is 3.20. The smallest absolute Gasteiger partial charge is 0.325 e. The van der Waals surface area contributed by atoms with Crippen LogP contribution in [0.5, 0.6) is 0 Å². The molecular weight excluding hydrogens is 212 g/mol. The van der Waals surface area contributed by atoms with E-state index in [9.17, 15) is 13.8 Å². The lowest BCUT2D eigenvalue weighted by molar-refractivity contribution is -0.216. The van der Waals surface area contributed by atoms with Crippen molar-refractivity contribution in [1.29, 1.82) is 0 Å². The van der Waals surface area contributed by atoms with Crippen LogP contribution < -0.4 is 5.32 Å². The van der Waals surface area contributed by atoms with Gasteiger partial charge < -0.3 is 5.32 Å². The zero-order valence-electron chi connectivity index (χ0n) is 7.59. The Morgan fingerprint density at radius 1 is 1.71 bits per heavy atom. The summed E-state index contributed by atoms with van der Waals surface area (Å²) in [4.78, 5) is 21.4. The summed E-state index contributed by atoms with van der Waals surface area (Å²) in [7, 11) is 0. The molecular formula is C6H10N2O5S. The van der Waals surface area contributed by atoms with Crippen molar-refractivity contribution >= 4 is 23.7 Å². The van der Waals surface area contributed by atoms with Gasteiger partial charge in [0.15, 0.2) is 0 Å². The minimum absolute atomic E-state index is 0.400. The van der Waals surface area contributed by atoms with E-state index >= 15 is 0 Å². The molecule has 0 saturated carbocycles. The summed E-state index contributed by atoms with van der Waals surface area (Å²) in [6.07, 6.45) is 0.400. The number of hydrogen-bond acceptors (Lipinski definition) is 4. The van der Waals surface area contributed by atoms with E-state index in [1.165, 1.54) is 0 Å². The van der Waals surface area contributed by atoms with Crippen LogP contribution in [-0.2, 0) is 25.2 Å². The number of hydrogen-bond donors (Lipinski definition) is 2. The zero-order chi connectivity index (χ0) is 10.9. The van der Waals surface area contributed by atoms with E-state index in [2.05, 4.69) is 9.60 Å². The Hall–Kier alpha value is -0.990. The maximum absolute atomic E-state index is 11.2. The van der Waals surface area contributed by atoms with Crippen LogP contribution >= 0.6 is 0 Å². The Morgan fingerprint density at radius 3 is 2.64 bits per heavy atom. The first-order chi connectivity index (χ1) is 6.41. The molecule has 2 atom stereocenters. The van der Waals surface area contributed by atoms with Crippen LogP contribution in [0.25, 0.3) is 0 Å². The molecule has 1 aliphatic heterocycles. The van der Waals surface area contributed by atoms with Crippen molar-refractivity contribution in [2.75, 3.05) is 0 Å². The molecule has 2 unspecified atom stereocenters. The van der Waals surface area contributed by atoms with Crippen LogP contribution in [-0.4, -0.2) is 37.7 Å². The fourth-order valence-corrected chi connectivity index (χ4v) is 1.69. The Balaban J connectivity index is 2.70. The lowest BCUT2D eigenvalue weighted by Gasteiger charge is -2.50. The van der Waals surface area contributed by atoms with Crippen LogP contribution in [0.3, 0.4) is 0 Å². The zero-order valence-corrected chi connectivity index (χ0v) is 8.41. The van der Waals surface area contributed by atoms with Gasteiger partial charge in [0, 0.05) is 0 Å². The van der Waals surface area contributed by atoms with Gasteiger partial charge in [-0.2, -0.15) is 9.27 Å². The second kappa shape index (κ2) is 3.64. The highest BCUT2D eigenvalue weighted by molar-refractivity contribution is 7.74. The topological polar surface area (TPSA) is 95.9 Å². The van der Waals surface area contributed by atoms with Crippen molar-refractivity contribution in [3.8, 4) is 0 Å². The van der Waals surface area contributed by atoms with Gasteiger partial charge in [-0.05, 0) is 13.8 Å². The maximum atomic E-state index is 11.2. The molecule has 0 radical (unpaired) electrons. The van der Waals surface area contributed by atoms with Gasteiger partial charge in [0.05, 0.1) is 5.54 Å². The number of hydroxylamine groups is 2. The summed E-state index contributed by atoms with van der Waals surface area (Å²) in [5.41, 5.74) is -0.823. The fraction of sp³-hybridized carbons (Fsp3) is 0.667. The van der Waals surface area contributed by atoms with Gasteiger partial charge in [-0.25, -0.2) is 0 Å². The SMILES string of the molecule is CC1(C)C(NC=O)C(=O)N1OS(=O)O.